The number of amides is 1. The third kappa shape index (κ3) is 6.34. The summed E-state index contributed by atoms with van der Waals surface area (Å²) in [5.74, 6) is -0.358. The molecule has 7 nitrogen and oxygen atoms in total. The molecule has 4 aromatic carbocycles. The molecule has 0 bridgehead atoms. The fourth-order valence-corrected chi connectivity index (χ4v) is 4.45. The number of ether oxygens (including phenoxy) is 3. The summed E-state index contributed by atoms with van der Waals surface area (Å²) in [4.78, 5) is 24.9. The Balaban J connectivity index is 1.67. The van der Waals surface area contributed by atoms with Crippen LogP contribution in [0.3, 0.4) is 0 Å². The first-order valence-electron chi connectivity index (χ1n) is 12.1. The van der Waals surface area contributed by atoms with Gasteiger partial charge in [0.2, 0.25) is 0 Å². The van der Waals surface area contributed by atoms with Gasteiger partial charge in [0.15, 0.2) is 6.10 Å². The molecule has 0 aliphatic heterocycles. The molecule has 0 aromatic heterocycles. The van der Waals surface area contributed by atoms with E-state index in [0.717, 1.165) is 16.2 Å². The predicted octanol–water partition coefficient (Wildman–Crippen LogP) is 6.26. The van der Waals surface area contributed by atoms with Crippen LogP contribution in [0.15, 0.2) is 78.9 Å². The number of thiol groups is 1. The second-order valence-corrected chi connectivity index (χ2v) is 8.67. The van der Waals surface area contributed by atoms with Gasteiger partial charge in [0.1, 0.15) is 11.9 Å². The van der Waals surface area contributed by atoms with E-state index in [9.17, 15) is 14.7 Å². The Bertz CT molecular complexity index is 1390. The van der Waals surface area contributed by atoms with Crippen molar-refractivity contribution in [3.8, 4) is 5.75 Å². The van der Waals surface area contributed by atoms with Crippen LogP contribution < -0.4 is 5.32 Å². The molecule has 192 valence electrons. The number of fused-ring (bicyclic) bond motifs is 2. The number of rotatable bonds is 10. The summed E-state index contributed by atoms with van der Waals surface area (Å²) >= 11 is 3.94. The molecular weight excluding hydrogens is 490 g/mol. The Morgan fingerprint density at radius 2 is 1.62 bits per heavy atom. The van der Waals surface area contributed by atoms with E-state index in [1.54, 1.807) is 18.2 Å². The molecule has 0 spiro atoms. The van der Waals surface area contributed by atoms with E-state index in [1.165, 1.54) is 0 Å². The fourth-order valence-electron chi connectivity index (χ4n) is 4.35. The van der Waals surface area contributed by atoms with Gasteiger partial charge in [-0.1, -0.05) is 66.7 Å². The zero-order valence-corrected chi connectivity index (χ0v) is 21.3. The van der Waals surface area contributed by atoms with Crippen molar-refractivity contribution in [2.75, 3.05) is 24.3 Å². The van der Waals surface area contributed by atoms with Gasteiger partial charge >= 0.3 is 12.1 Å². The monoisotopic (exact) mass is 519 g/mol. The van der Waals surface area contributed by atoms with Crippen LogP contribution in [-0.2, 0) is 19.0 Å². The standard InChI is InChI=1S/C29H29NO6S/c1-2-34-26(16-17-35-27(32)18-37)28(23-14-15-25(31)22-12-6-5-11-21(22)23)36-29(33)30-24-13-7-9-19-8-3-4-10-20(19)24/h3-15,26,28,31,37H,2,16-18H2,1H3,(H,30,33)/t26-,28-/m0/s1. The molecule has 0 aliphatic rings. The van der Waals surface area contributed by atoms with E-state index >= 15 is 0 Å². The van der Waals surface area contributed by atoms with E-state index in [2.05, 4.69) is 17.9 Å². The van der Waals surface area contributed by atoms with E-state index in [1.807, 2.05) is 67.6 Å². The Labute approximate surface area is 220 Å². The average Bonchev–Trinajstić information content (AvgIpc) is 2.92. The summed E-state index contributed by atoms with van der Waals surface area (Å²) in [6.07, 6.45) is -1.84. The van der Waals surface area contributed by atoms with Crippen LogP contribution in [-0.4, -0.2) is 42.2 Å². The lowest BCUT2D eigenvalue weighted by atomic mass is 9.95. The van der Waals surface area contributed by atoms with Crippen LogP contribution in [0.2, 0.25) is 0 Å². The molecule has 8 heteroatoms. The van der Waals surface area contributed by atoms with E-state index in [4.69, 9.17) is 14.2 Å². The zero-order chi connectivity index (χ0) is 26.2. The number of esters is 1. The van der Waals surface area contributed by atoms with Gasteiger partial charge < -0.3 is 19.3 Å². The highest BCUT2D eigenvalue weighted by molar-refractivity contribution is 7.81. The number of carbonyl (C=O) groups is 2. The Kier molecular flexibility index (Phi) is 8.87. The number of benzene rings is 4. The lowest BCUT2D eigenvalue weighted by Crippen LogP contribution is -2.30. The third-order valence-corrected chi connectivity index (χ3v) is 6.27. The van der Waals surface area contributed by atoms with Gasteiger partial charge in [0.25, 0.3) is 0 Å². The molecule has 0 saturated heterocycles. The van der Waals surface area contributed by atoms with Crippen LogP contribution >= 0.6 is 12.6 Å². The van der Waals surface area contributed by atoms with Crippen molar-refractivity contribution in [1.82, 2.24) is 0 Å². The van der Waals surface area contributed by atoms with Crippen molar-refractivity contribution in [1.29, 1.82) is 0 Å². The lowest BCUT2D eigenvalue weighted by Gasteiger charge is -2.28. The molecule has 2 N–H and O–H groups in total. The molecule has 4 rings (SSSR count). The minimum absolute atomic E-state index is 0.0325. The van der Waals surface area contributed by atoms with Crippen molar-refractivity contribution < 1.29 is 28.9 Å². The van der Waals surface area contributed by atoms with Crippen LogP contribution in [0.5, 0.6) is 5.75 Å². The van der Waals surface area contributed by atoms with Crippen molar-refractivity contribution in [3.05, 3.63) is 84.4 Å². The second-order valence-electron chi connectivity index (χ2n) is 8.36. The minimum Gasteiger partial charge on any atom is -0.507 e. The fraction of sp³-hybridized carbons (Fsp3) is 0.241. The first kappa shape index (κ1) is 26.3. The topological polar surface area (TPSA) is 94.1 Å². The van der Waals surface area contributed by atoms with Gasteiger partial charge in [-0.2, -0.15) is 12.6 Å². The quantitative estimate of drug-likeness (QED) is 0.169. The van der Waals surface area contributed by atoms with Crippen LogP contribution in [0.4, 0.5) is 10.5 Å². The molecule has 0 radical (unpaired) electrons. The number of anilines is 1. The molecule has 0 fully saturated rings. The maximum Gasteiger partial charge on any atom is 0.412 e. The Hall–Kier alpha value is -3.75. The number of hydrogen-bond acceptors (Lipinski definition) is 7. The van der Waals surface area contributed by atoms with Gasteiger partial charge in [-0.3, -0.25) is 10.1 Å². The molecule has 2 atom stereocenters. The van der Waals surface area contributed by atoms with Gasteiger partial charge in [0, 0.05) is 29.4 Å². The molecule has 0 saturated carbocycles. The summed E-state index contributed by atoms with van der Waals surface area (Å²) in [7, 11) is 0. The van der Waals surface area contributed by atoms with E-state index in [-0.39, 0.29) is 24.5 Å². The maximum atomic E-state index is 13.2. The molecular formula is C29H29NO6S. The van der Waals surface area contributed by atoms with E-state index < -0.39 is 24.3 Å². The molecule has 0 unspecified atom stereocenters. The lowest BCUT2D eigenvalue weighted by molar-refractivity contribution is -0.142. The highest BCUT2D eigenvalue weighted by Gasteiger charge is 2.30. The first-order chi connectivity index (χ1) is 18.0. The number of nitrogens with one attached hydrogen (secondary N) is 1. The smallest absolute Gasteiger partial charge is 0.412 e. The van der Waals surface area contributed by atoms with Crippen molar-refractivity contribution in [2.24, 2.45) is 0 Å². The number of hydrogen-bond donors (Lipinski definition) is 3. The number of carbonyl (C=O) groups excluding carboxylic acids is 2. The molecule has 0 heterocycles. The van der Waals surface area contributed by atoms with Crippen LogP contribution in [0.25, 0.3) is 21.5 Å². The van der Waals surface area contributed by atoms with Crippen molar-refractivity contribution in [3.63, 3.8) is 0 Å². The Morgan fingerprint density at radius 1 is 0.919 bits per heavy atom. The van der Waals surface area contributed by atoms with Crippen molar-refractivity contribution >= 4 is 51.9 Å². The predicted molar refractivity (Wildman–Crippen MR) is 147 cm³/mol. The summed E-state index contributed by atoms with van der Waals surface area (Å²) in [6, 6.07) is 24.0. The highest BCUT2D eigenvalue weighted by Crippen LogP contribution is 2.36. The highest BCUT2D eigenvalue weighted by atomic mass is 32.1. The van der Waals surface area contributed by atoms with E-state index in [0.29, 0.717) is 23.2 Å². The van der Waals surface area contributed by atoms with Gasteiger partial charge in [-0.05, 0) is 29.8 Å². The summed E-state index contributed by atoms with van der Waals surface area (Å²) < 4.78 is 17.2. The normalized spacial score (nSPS) is 12.7. The summed E-state index contributed by atoms with van der Waals surface area (Å²) in [6.45, 7) is 2.27. The molecule has 37 heavy (non-hydrogen) atoms. The third-order valence-electron chi connectivity index (χ3n) is 6.01. The average molecular weight is 520 g/mol. The molecule has 1 amide bonds. The van der Waals surface area contributed by atoms with Crippen molar-refractivity contribution in [2.45, 2.75) is 25.6 Å². The van der Waals surface area contributed by atoms with Gasteiger partial charge in [-0.15, -0.1) is 0 Å². The van der Waals surface area contributed by atoms with Gasteiger partial charge in [0.05, 0.1) is 18.0 Å². The Morgan fingerprint density at radius 3 is 2.38 bits per heavy atom. The number of phenols is 1. The minimum atomic E-state index is -0.852. The van der Waals surface area contributed by atoms with Gasteiger partial charge in [-0.25, -0.2) is 4.79 Å². The summed E-state index contributed by atoms with van der Waals surface area (Å²) in [5, 5.41) is 16.5. The number of aromatic hydroxyl groups is 1. The maximum absolute atomic E-state index is 13.2. The molecule has 4 aromatic rings. The zero-order valence-electron chi connectivity index (χ0n) is 20.4. The van der Waals surface area contributed by atoms with Crippen LogP contribution in [0, 0.1) is 0 Å². The molecule has 0 aliphatic carbocycles. The SMILES string of the molecule is CCO[C@@H](CCOC(=O)CS)[C@@H](OC(=O)Nc1cccc2ccccc12)c1ccc(O)c2ccccc12. The second kappa shape index (κ2) is 12.5. The van der Waals surface area contributed by atoms with Crippen LogP contribution in [0.1, 0.15) is 25.0 Å². The first-order valence-corrected chi connectivity index (χ1v) is 12.7. The summed E-state index contributed by atoms with van der Waals surface area (Å²) in [5.41, 5.74) is 1.29. The number of phenolic OH excluding ortho intramolecular Hbond substituents is 1. The largest absolute Gasteiger partial charge is 0.507 e.